The Morgan fingerprint density at radius 3 is 2.69 bits per heavy atom. The average Bonchev–Trinajstić information content (AvgIpc) is 2.32. The maximum atomic E-state index is 10.3. The van der Waals surface area contributed by atoms with Crippen LogP contribution in [0.4, 0.5) is 0 Å². The largest absolute Gasteiger partial charge is 0.480 e. The van der Waals surface area contributed by atoms with Crippen molar-refractivity contribution in [3.63, 3.8) is 0 Å². The number of carbonyl (C=O) groups is 1. The number of hydrogen-bond acceptors (Lipinski definition) is 4. The molecule has 6 heteroatoms. The number of aliphatic hydroxyl groups is 1. The van der Waals surface area contributed by atoms with Crippen LogP contribution in [0.3, 0.4) is 0 Å². The second kappa shape index (κ2) is 3.14. The molecule has 0 aliphatic rings. The molecular formula is C7H11N3O3. The van der Waals surface area contributed by atoms with Gasteiger partial charge in [-0.15, -0.1) is 5.10 Å². The normalized spacial score (nSPS) is 11.6. The molecule has 0 unspecified atom stereocenters. The summed E-state index contributed by atoms with van der Waals surface area (Å²) in [5.41, 5.74) is -0.731. The number of carboxylic acids is 1. The minimum Gasteiger partial charge on any atom is -0.480 e. The fraction of sp³-hybridized carbons (Fsp3) is 0.571. The lowest BCUT2D eigenvalue weighted by Gasteiger charge is -2.11. The van der Waals surface area contributed by atoms with Gasteiger partial charge in [0.1, 0.15) is 17.8 Å². The topological polar surface area (TPSA) is 88.2 Å². The first-order chi connectivity index (χ1) is 5.89. The van der Waals surface area contributed by atoms with Crippen LogP contribution in [-0.4, -0.2) is 31.2 Å². The minimum atomic E-state index is -1.09. The van der Waals surface area contributed by atoms with Crippen LogP contribution < -0.4 is 0 Å². The Morgan fingerprint density at radius 1 is 1.69 bits per heavy atom. The highest BCUT2D eigenvalue weighted by molar-refractivity contribution is 5.66. The summed E-state index contributed by atoms with van der Waals surface area (Å²) >= 11 is 0. The zero-order chi connectivity index (χ0) is 10.1. The molecule has 1 aromatic heterocycles. The molecule has 1 rings (SSSR count). The molecule has 0 aromatic carbocycles. The van der Waals surface area contributed by atoms with Crippen molar-refractivity contribution in [2.45, 2.75) is 26.0 Å². The molecular weight excluding hydrogens is 174 g/mol. The van der Waals surface area contributed by atoms with Gasteiger partial charge in [0.2, 0.25) is 0 Å². The van der Waals surface area contributed by atoms with E-state index < -0.39 is 11.6 Å². The highest BCUT2D eigenvalue weighted by Crippen LogP contribution is 2.15. The van der Waals surface area contributed by atoms with E-state index in [2.05, 4.69) is 10.3 Å². The number of aliphatic carboxylic acids is 1. The third-order valence-electron chi connectivity index (χ3n) is 1.46. The van der Waals surface area contributed by atoms with Gasteiger partial charge < -0.3 is 10.2 Å². The van der Waals surface area contributed by atoms with Gasteiger partial charge in [0.25, 0.3) is 0 Å². The van der Waals surface area contributed by atoms with Crippen LogP contribution in [0.2, 0.25) is 0 Å². The van der Waals surface area contributed by atoms with Gasteiger partial charge in [-0.25, -0.2) is 4.68 Å². The van der Waals surface area contributed by atoms with E-state index in [-0.39, 0.29) is 6.54 Å². The highest BCUT2D eigenvalue weighted by Gasteiger charge is 2.20. The second-order valence-electron chi connectivity index (χ2n) is 3.25. The first-order valence-electron chi connectivity index (χ1n) is 3.74. The Kier molecular flexibility index (Phi) is 2.33. The Morgan fingerprint density at radius 2 is 2.31 bits per heavy atom. The van der Waals surface area contributed by atoms with Crippen molar-refractivity contribution in [1.82, 2.24) is 15.0 Å². The van der Waals surface area contributed by atoms with Crippen molar-refractivity contribution < 1.29 is 15.0 Å². The van der Waals surface area contributed by atoms with Gasteiger partial charge in [-0.2, -0.15) is 0 Å². The minimum absolute atomic E-state index is 0.247. The maximum Gasteiger partial charge on any atom is 0.325 e. The number of rotatable bonds is 3. The van der Waals surface area contributed by atoms with Gasteiger partial charge in [-0.3, -0.25) is 4.79 Å². The molecule has 0 radical (unpaired) electrons. The summed E-state index contributed by atoms with van der Waals surface area (Å²) in [7, 11) is 0. The molecule has 13 heavy (non-hydrogen) atoms. The molecule has 0 saturated heterocycles. The highest BCUT2D eigenvalue weighted by atomic mass is 16.4. The number of hydrogen-bond donors (Lipinski definition) is 2. The van der Waals surface area contributed by atoms with Gasteiger partial charge in [0.05, 0.1) is 6.20 Å². The van der Waals surface area contributed by atoms with E-state index in [0.717, 1.165) is 4.68 Å². The number of carboxylic acid groups (broad SMARTS) is 1. The lowest BCUT2D eigenvalue weighted by Crippen LogP contribution is -2.16. The summed E-state index contributed by atoms with van der Waals surface area (Å²) in [6.45, 7) is 2.87. The molecule has 6 nitrogen and oxygen atoms in total. The Labute approximate surface area is 74.8 Å². The molecule has 72 valence electrons. The average molecular weight is 185 g/mol. The standard InChI is InChI=1S/C7H11N3O3/c1-7(2,13)5-3-10(9-8-5)4-6(11)12/h3,13H,4H2,1-2H3,(H,11,12). The fourth-order valence-corrected chi connectivity index (χ4v) is 0.795. The van der Waals surface area contributed by atoms with Crippen LogP contribution in [0.15, 0.2) is 6.20 Å². The molecule has 1 heterocycles. The van der Waals surface area contributed by atoms with Crippen LogP contribution in [0.25, 0.3) is 0 Å². The summed E-state index contributed by atoms with van der Waals surface area (Å²) in [4.78, 5) is 10.3. The molecule has 0 bridgehead atoms. The summed E-state index contributed by atoms with van der Waals surface area (Å²) in [5.74, 6) is -0.993. The third kappa shape index (κ3) is 2.51. The molecule has 0 amide bonds. The number of nitrogens with zero attached hydrogens (tertiary/aromatic N) is 3. The third-order valence-corrected chi connectivity index (χ3v) is 1.46. The van der Waals surface area contributed by atoms with E-state index in [0.29, 0.717) is 5.69 Å². The Hall–Kier alpha value is -1.43. The maximum absolute atomic E-state index is 10.3. The Bertz CT molecular complexity index is 313. The van der Waals surface area contributed by atoms with E-state index in [1.54, 1.807) is 13.8 Å². The van der Waals surface area contributed by atoms with E-state index in [4.69, 9.17) is 5.11 Å². The van der Waals surface area contributed by atoms with Crippen molar-refractivity contribution in [2.24, 2.45) is 0 Å². The van der Waals surface area contributed by atoms with Crippen molar-refractivity contribution in [3.05, 3.63) is 11.9 Å². The zero-order valence-electron chi connectivity index (χ0n) is 7.43. The summed E-state index contributed by atoms with van der Waals surface area (Å²) < 4.78 is 1.16. The van der Waals surface area contributed by atoms with E-state index in [1.165, 1.54) is 6.20 Å². The molecule has 0 saturated carbocycles. The second-order valence-corrected chi connectivity index (χ2v) is 3.25. The Balaban J connectivity index is 2.81. The van der Waals surface area contributed by atoms with Crippen LogP contribution in [-0.2, 0) is 16.9 Å². The monoisotopic (exact) mass is 185 g/mol. The predicted molar refractivity (Wildman–Crippen MR) is 42.9 cm³/mol. The van der Waals surface area contributed by atoms with Crippen molar-refractivity contribution >= 4 is 5.97 Å². The van der Waals surface area contributed by atoms with Gasteiger partial charge in [0, 0.05) is 0 Å². The van der Waals surface area contributed by atoms with Gasteiger partial charge in [-0.1, -0.05) is 5.21 Å². The molecule has 0 aliphatic carbocycles. The van der Waals surface area contributed by atoms with Crippen LogP contribution in [0.1, 0.15) is 19.5 Å². The van der Waals surface area contributed by atoms with Crippen LogP contribution in [0.5, 0.6) is 0 Å². The van der Waals surface area contributed by atoms with E-state index >= 15 is 0 Å². The summed E-state index contributed by atoms with van der Waals surface area (Å²) in [5, 5.41) is 25.1. The summed E-state index contributed by atoms with van der Waals surface area (Å²) in [6, 6.07) is 0. The van der Waals surface area contributed by atoms with Crippen molar-refractivity contribution in [2.75, 3.05) is 0 Å². The zero-order valence-corrected chi connectivity index (χ0v) is 7.43. The fourth-order valence-electron chi connectivity index (χ4n) is 0.795. The number of aromatic nitrogens is 3. The van der Waals surface area contributed by atoms with Crippen LogP contribution in [0, 0.1) is 0 Å². The van der Waals surface area contributed by atoms with Gasteiger partial charge >= 0.3 is 5.97 Å². The first-order valence-corrected chi connectivity index (χ1v) is 3.74. The molecule has 0 atom stereocenters. The molecule has 0 fully saturated rings. The SMILES string of the molecule is CC(C)(O)c1cn(CC(=O)O)nn1. The van der Waals surface area contributed by atoms with Gasteiger partial charge in [0.15, 0.2) is 0 Å². The molecule has 2 N–H and O–H groups in total. The lowest BCUT2D eigenvalue weighted by atomic mass is 10.1. The smallest absolute Gasteiger partial charge is 0.325 e. The van der Waals surface area contributed by atoms with Gasteiger partial charge in [-0.05, 0) is 13.8 Å². The van der Waals surface area contributed by atoms with Crippen molar-refractivity contribution in [1.29, 1.82) is 0 Å². The molecule has 0 aliphatic heterocycles. The first kappa shape index (κ1) is 9.66. The van der Waals surface area contributed by atoms with Crippen molar-refractivity contribution in [3.8, 4) is 0 Å². The lowest BCUT2D eigenvalue weighted by molar-refractivity contribution is -0.137. The predicted octanol–water partition coefficient (Wildman–Crippen LogP) is -0.410. The van der Waals surface area contributed by atoms with Crippen LogP contribution >= 0.6 is 0 Å². The van der Waals surface area contributed by atoms with E-state index in [1.807, 2.05) is 0 Å². The quantitative estimate of drug-likeness (QED) is 0.668. The summed E-state index contributed by atoms with van der Waals surface area (Å²) in [6.07, 6.45) is 1.41. The molecule has 1 aromatic rings. The van der Waals surface area contributed by atoms with E-state index in [9.17, 15) is 9.90 Å². The molecule has 0 spiro atoms.